The minimum absolute atomic E-state index is 0.00752. The molecule has 2 aromatic carbocycles. The van der Waals surface area contributed by atoms with E-state index in [1.807, 2.05) is 0 Å². The molecule has 0 saturated carbocycles. The van der Waals surface area contributed by atoms with E-state index in [-0.39, 0.29) is 29.7 Å². The highest BCUT2D eigenvalue weighted by Crippen LogP contribution is 2.50. The van der Waals surface area contributed by atoms with E-state index in [2.05, 4.69) is 0 Å². The molecule has 11 heteroatoms. The first-order valence-electron chi connectivity index (χ1n) is 9.64. The highest BCUT2D eigenvalue weighted by atomic mass is 16.7. The molecule has 174 valence electrons. The van der Waals surface area contributed by atoms with Crippen LogP contribution in [0.3, 0.4) is 0 Å². The molecule has 0 spiro atoms. The van der Waals surface area contributed by atoms with Crippen molar-refractivity contribution in [1.29, 1.82) is 0 Å². The van der Waals surface area contributed by atoms with Crippen LogP contribution in [0.5, 0.6) is 28.7 Å². The Hall–Kier alpha value is -4.28. The highest BCUT2D eigenvalue weighted by molar-refractivity contribution is 5.90. The molecular formula is C22H22N2O9. The Morgan fingerprint density at radius 1 is 0.848 bits per heavy atom. The fourth-order valence-electron chi connectivity index (χ4n) is 3.42. The van der Waals surface area contributed by atoms with Crippen LogP contribution in [0, 0.1) is 20.2 Å². The third-order valence-electron chi connectivity index (χ3n) is 4.98. The van der Waals surface area contributed by atoms with E-state index in [0.717, 1.165) is 0 Å². The van der Waals surface area contributed by atoms with E-state index in [4.69, 9.17) is 23.7 Å². The number of methoxy groups -OCH3 is 3. The van der Waals surface area contributed by atoms with Crippen molar-refractivity contribution in [3.63, 3.8) is 0 Å². The number of ether oxygens (including phenoxy) is 5. The van der Waals surface area contributed by atoms with Crippen molar-refractivity contribution in [2.45, 2.75) is 13.8 Å². The largest absolute Gasteiger partial charge is 0.493 e. The Morgan fingerprint density at radius 2 is 1.39 bits per heavy atom. The van der Waals surface area contributed by atoms with Crippen molar-refractivity contribution in [2.24, 2.45) is 0 Å². The van der Waals surface area contributed by atoms with Crippen molar-refractivity contribution in [3.05, 3.63) is 60.9 Å². The van der Waals surface area contributed by atoms with E-state index < -0.39 is 9.85 Å². The topological polar surface area (TPSA) is 132 Å². The van der Waals surface area contributed by atoms with Gasteiger partial charge in [-0.25, -0.2) is 0 Å². The smallest absolute Gasteiger partial charge is 0.243 e. The zero-order valence-electron chi connectivity index (χ0n) is 18.7. The summed E-state index contributed by atoms with van der Waals surface area (Å²) in [4.78, 5) is 21.6. The van der Waals surface area contributed by atoms with Crippen LogP contribution in [0.1, 0.15) is 25.0 Å². The molecule has 1 aliphatic heterocycles. The van der Waals surface area contributed by atoms with Crippen LogP contribution in [0.25, 0.3) is 23.3 Å². The average Bonchev–Trinajstić information content (AvgIpc) is 3.24. The van der Waals surface area contributed by atoms with Gasteiger partial charge in [0.25, 0.3) is 0 Å². The van der Waals surface area contributed by atoms with E-state index in [9.17, 15) is 20.2 Å². The zero-order valence-corrected chi connectivity index (χ0v) is 18.7. The molecule has 0 fully saturated rings. The molecule has 0 atom stereocenters. The number of rotatable bonds is 8. The average molecular weight is 458 g/mol. The van der Waals surface area contributed by atoms with Gasteiger partial charge in [0, 0.05) is 31.6 Å². The lowest BCUT2D eigenvalue weighted by molar-refractivity contribution is -0.422. The predicted molar refractivity (Wildman–Crippen MR) is 119 cm³/mol. The Labute approximate surface area is 189 Å². The first-order valence-corrected chi connectivity index (χ1v) is 9.64. The summed E-state index contributed by atoms with van der Waals surface area (Å²) in [6.45, 7) is 2.70. The molecule has 0 N–H and O–H groups in total. The minimum atomic E-state index is -0.524. The summed E-state index contributed by atoms with van der Waals surface area (Å²) in [5, 5.41) is 22.7. The number of hydrogen-bond donors (Lipinski definition) is 0. The molecule has 0 bridgehead atoms. The molecule has 0 saturated heterocycles. The molecule has 0 radical (unpaired) electrons. The summed E-state index contributed by atoms with van der Waals surface area (Å²) in [6, 6.07) is 4.82. The van der Waals surface area contributed by atoms with E-state index in [0.29, 0.717) is 39.5 Å². The Kier molecular flexibility index (Phi) is 6.71. The quantitative estimate of drug-likeness (QED) is 0.417. The number of allylic oxidation sites excluding steroid dienone is 2. The summed E-state index contributed by atoms with van der Waals surface area (Å²) in [5.41, 5.74) is 1.41. The molecule has 2 aromatic rings. The van der Waals surface area contributed by atoms with Gasteiger partial charge < -0.3 is 23.7 Å². The minimum Gasteiger partial charge on any atom is -0.493 e. The maximum absolute atomic E-state index is 11.4. The van der Waals surface area contributed by atoms with Crippen LogP contribution in [0.15, 0.2) is 29.6 Å². The maximum atomic E-state index is 11.4. The van der Waals surface area contributed by atoms with Gasteiger partial charge in [0.1, 0.15) is 0 Å². The van der Waals surface area contributed by atoms with Crippen LogP contribution >= 0.6 is 0 Å². The predicted octanol–water partition coefficient (Wildman–Crippen LogP) is 4.38. The van der Waals surface area contributed by atoms with Gasteiger partial charge in [-0.3, -0.25) is 20.2 Å². The lowest BCUT2D eigenvalue weighted by atomic mass is 9.92. The van der Waals surface area contributed by atoms with Gasteiger partial charge in [-0.05, 0) is 34.9 Å². The van der Waals surface area contributed by atoms with E-state index in [1.165, 1.54) is 47.3 Å². The van der Waals surface area contributed by atoms with Crippen LogP contribution in [0.2, 0.25) is 0 Å². The summed E-state index contributed by atoms with van der Waals surface area (Å²) in [5.74, 6) is 1.61. The highest BCUT2D eigenvalue weighted by Gasteiger charge is 2.26. The third-order valence-corrected chi connectivity index (χ3v) is 4.98. The number of hydrogen-bond acceptors (Lipinski definition) is 9. The lowest BCUT2D eigenvalue weighted by Crippen LogP contribution is -2.02. The first-order chi connectivity index (χ1) is 15.7. The Balaban J connectivity index is 2.47. The van der Waals surface area contributed by atoms with Crippen LogP contribution < -0.4 is 23.7 Å². The number of nitro groups is 2. The van der Waals surface area contributed by atoms with Crippen molar-refractivity contribution >= 4 is 12.2 Å². The Bertz CT molecular complexity index is 1190. The summed E-state index contributed by atoms with van der Waals surface area (Å²) in [7, 11) is 4.28. The number of benzene rings is 2. The Morgan fingerprint density at radius 3 is 1.91 bits per heavy atom. The molecule has 1 heterocycles. The fourth-order valence-corrected chi connectivity index (χ4v) is 3.42. The van der Waals surface area contributed by atoms with Gasteiger partial charge in [-0.1, -0.05) is 0 Å². The van der Waals surface area contributed by atoms with Gasteiger partial charge in [0.15, 0.2) is 23.0 Å². The van der Waals surface area contributed by atoms with Crippen molar-refractivity contribution in [2.75, 3.05) is 28.1 Å². The molecule has 1 aliphatic rings. The van der Waals surface area contributed by atoms with Crippen LogP contribution in [0.4, 0.5) is 0 Å². The molecule has 0 unspecified atom stereocenters. The zero-order chi connectivity index (χ0) is 24.3. The lowest BCUT2D eigenvalue weighted by Gasteiger charge is -2.20. The first kappa shape index (κ1) is 23.4. The molecule has 33 heavy (non-hydrogen) atoms. The van der Waals surface area contributed by atoms with Gasteiger partial charge in [0.05, 0.1) is 31.2 Å². The summed E-state index contributed by atoms with van der Waals surface area (Å²) in [6.07, 6.45) is 2.74. The monoisotopic (exact) mass is 458 g/mol. The molecule has 0 aliphatic carbocycles. The second-order valence-electron chi connectivity index (χ2n) is 6.99. The second-order valence-corrected chi connectivity index (χ2v) is 6.99. The number of nitrogens with zero attached hydrogens (tertiary/aromatic N) is 2. The van der Waals surface area contributed by atoms with Gasteiger partial charge >= 0.3 is 0 Å². The van der Waals surface area contributed by atoms with Crippen molar-refractivity contribution < 1.29 is 33.5 Å². The van der Waals surface area contributed by atoms with Crippen molar-refractivity contribution in [1.82, 2.24) is 0 Å². The van der Waals surface area contributed by atoms with Crippen LogP contribution in [-0.2, 0) is 0 Å². The van der Waals surface area contributed by atoms with Gasteiger partial charge in [0.2, 0.25) is 23.9 Å². The maximum Gasteiger partial charge on any atom is 0.243 e. The molecular weight excluding hydrogens is 436 g/mol. The van der Waals surface area contributed by atoms with E-state index >= 15 is 0 Å². The van der Waals surface area contributed by atoms with Crippen LogP contribution in [-0.4, -0.2) is 38.0 Å². The second kappa shape index (κ2) is 9.47. The number of fused-ring (bicyclic) bond motifs is 1. The standard InChI is InChI=1S/C22H22N2O9/c1-12(23(25)26)6-14-8-17-18(33-11-32-17)10-16(14)20-15(7-13(2)24(27)28)9-19(29-3)21(30-4)22(20)31-5/h6-10H,11H2,1-5H3/b12-6+,13-7+. The summed E-state index contributed by atoms with van der Waals surface area (Å²) < 4.78 is 27.5. The van der Waals surface area contributed by atoms with Gasteiger partial charge in [-0.2, -0.15) is 0 Å². The molecule has 0 amide bonds. The molecule has 0 aromatic heterocycles. The third kappa shape index (κ3) is 4.52. The molecule has 11 nitrogen and oxygen atoms in total. The van der Waals surface area contributed by atoms with Gasteiger partial charge in [-0.15, -0.1) is 0 Å². The summed E-state index contributed by atoms with van der Waals surface area (Å²) >= 11 is 0. The molecule has 3 rings (SSSR count). The normalized spacial score (nSPS) is 13.0. The fraction of sp³-hybridized carbons (Fsp3) is 0.273. The van der Waals surface area contributed by atoms with E-state index in [1.54, 1.807) is 18.2 Å². The SMILES string of the molecule is COc1cc(/C=C(\C)[N+](=O)[O-])c(-c2cc3c(cc2/C=C(\C)[N+](=O)[O-])OCO3)c(OC)c1OC. The van der Waals surface area contributed by atoms with Crippen molar-refractivity contribution in [3.8, 4) is 39.9 Å².